The molecule has 0 saturated heterocycles. The van der Waals surface area contributed by atoms with Crippen molar-refractivity contribution in [1.82, 2.24) is 4.98 Å². The van der Waals surface area contributed by atoms with E-state index in [0.29, 0.717) is 52.1 Å². The number of hydrogen-bond donors (Lipinski definition) is 0. The summed E-state index contributed by atoms with van der Waals surface area (Å²) < 4.78 is 17.9. The van der Waals surface area contributed by atoms with Crippen LogP contribution in [-0.2, 0) is 0 Å². The molecule has 1 aliphatic heterocycles. The van der Waals surface area contributed by atoms with E-state index in [1.165, 1.54) is 4.90 Å². The van der Waals surface area contributed by atoms with Gasteiger partial charge >= 0.3 is 0 Å². The smallest absolute Gasteiger partial charge is 0.296 e. The number of halogens is 1. The van der Waals surface area contributed by atoms with Crippen molar-refractivity contribution in [3.8, 4) is 11.5 Å². The summed E-state index contributed by atoms with van der Waals surface area (Å²) in [6, 6.07) is 13.2. The van der Waals surface area contributed by atoms with Crippen molar-refractivity contribution < 1.29 is 18.7 Å². The molecule has 0 bridgehead atoms. The van der Waals surface area contributed by atoms with Crippen LogP contribution in [0.4, 0.5) is 5.82 Å². The van der Waals surface area contributed by atoms with Crippen LogP contribution in [0.2, 0.25) is 5.02 Å². The normalized spacial score (nSPS) is 14.8. The Balaban J connectivity index is 1.72. The largest absolute Gasteiger partial charge is 0.490 e. The van der Waals surface area contributed by atoms with Gasteiger partial charge in [-0.15, -0.1) is 0 Å². The van der Waals surface area contributed by atoms with Crippen molar-refractivity contribution in [3.63, 3.8) is 0 Å². The molecule has 1 amide bonds. The van der Waals surface area contributed by atoms with Crippen molar-refractivity contribution >= 4 is 34.3 Å². The standard InChI is InChI=1S/C29H27ClN2O5/c1-4-6-13-36-22-9-7-18(15-23(22)35-5-2)26-25-27(33)20-16-19(30)8-10-21(20)37-28(25)29(34)32(26)24-14-17(3)11-12-31-24/h7-12,14-16,26H,4-6,13H2,1-3H3. The molecule has 37 heavy (non-hydrogen) atoms. The van der Waals surface area contributed by atoms with Gasteiger partial charge in [0.1, 0.15) is 11.4 Å². The molecule has 8 heteroatoms. The molecule has 1 aliphatic rings. The highest BCUT2D eigenvalue weighted by Crippen LogP contribution is 2.43. The average molecular weight is 519 g/mol. The van der Waals surface area contributed by atoms with E-state index < -0.39 is 11.9 Å². The van der Waals surface area contributed by atoms with E-state index in [1.807, 2.05) is 44.2 Å². The van der Waals surface area contributed by atoms with Gasteiger partial charge in [0.05, 0.1) is 30.2 Å². The number of ether oxygens (including phenoxy) is 2. The minimum Gasteiger partial charge on any atom is -0.490 e. The van der Waals surface area contributed by atoms with E-state index in [1.54, 1.807) is 24.4 Å². The monoisotopic (exact) mass is 518 g/mol. The van der Waals surface area contributed by atoms with E-state index in [4.69, 9.17) is 25.5 Å². The van der Waals surface area contributed by atoms with E-state index >= 15 is 0 Å². The van der Waals surface area contributed by atoms with Gasteiger partial charge in [0.25, 0.3) is 5.91 Å². The maximum absolute atomic E-state index is 13.8. The summed E-state index contributed by atoms with van der Waals surface area (Å²) in [4.78, 5) is 33.6. The SMILES string of the molecule is CCCCOc1ccc(C2c3c(oc4ccc(Cl)cc4c3=O)C(=O)N2c2cc(C)ccn2)cc1OCC. The van der Waals surface area contributed by atoms with Crippen LogP contribution in [-0.4, -0.2) is 24.1 Å². The van der Waals surface area contributed by atoms with Crippen LogP contribution in [0.1, 0.15) is 60.0 Å². The zero-order chi connectivity index (χ0) is 26.1. The number of carbonyl (C=O) groups excluding carboxylic acids is 1. The lowest BCUT2D eigenvalue weighted by Gasteiger charge is -2.25. The molecule has 4 aromatic rings. The Bertz CT molecular complexity index is 1550. The zero-order valence-electron chi connectivity index (χ0n) is 20.9. The van der Waals surface area contributed by atoms with Crippen LogP contribution in [0.25, 0.3) is 11.0 Å². The maximum atomic E-state index is 13.8. The minimum absolute atomic E-state index is 0.00522. The highest BCUT2D eigenvalue weighted by atomic mass is 35.5. The lowest BCUT2D eigenvalue weighted by Crippen LogP contribution is -2.30. The molecule has 0 N–H and O–H groups in total. The third-order valence-corrected chi connectivity index (χ3v) is 6.55. The predicted molar refractivity (Wildman–Crippen MR) is 143 cm³/mol. The van der Waals surface area contributed by atoms with Gasteiger partial charge < -0.3 is 13.9 Å². The Labute approximate surface area is 219 Å². The summed E-state index contributed by atoms with van der Waals surface area (Å²) in [5, 5.41) is 0.720. The summed E-state index contributed by atoms with van der Waals surface area (Å²) in [5.41, 5.74) is 1.83. The molecule has 0 fully saturated rings. The molecular formula is C29H27ClN2O5. The number of anilines is 1. The number of pyridine rings is 1. The molecule has 2 aromatic carbocycles. The van der Waals surface area contributed by atoms with Gasteiger partial charge in [-0.2, -0.15) is 0 Å². The van der Waals surface area contributed by atoms with Crippen molar-refractivity contribution in [2.75, 3.05) is 18.1 Å². The number of aryl methyl sites for hydroxylation is 1. The molecule has 5 rings (SSSR count). The Morgan fingerprint density at radius 3 is 2.62 bits per heavy atom. The van der Waals surface area contributed by atoms with Gasteiger partial charge in [0, 0.05) is 11.2 Å². The van der Waals surface area contributed by atoms with Crippen LogP contribution < -0.4 is 19.8 Å². The summed E-state index contributed by atoms with van der Waals surface area (Å²) in [7, 11) is 0. The first-order chi connectivity index (χ1) is 17.9. The van der Waals surface area contributed by atoms with Crippen LogP contribution >= 0.6 is 11.6 Å². The Morgan fingerprint density at radius 2 is 1.86 bits per heavy atom. The van der Waals surface area contributed by atoms with Crippen LogP contribution in [0.15, 0.2) is 63.9 Å². The molecule has 1 unspecified atom stereocenters. The molecule has 190 valence electrons. The fourth-order valence-corrected chi connectivity index (χ4v) is 4.73. The van der Waals surface area contributed by atoms with Crippen molar-refractivity contribution in [1.29, 1.82) is 0 Å². The number of hydrogen-bond acceptors (Lipinski definition) is 6. The number of fused-ring (bicyclic) bond motifs is 2. The highest BCUT2D eigenvalue weighted by Gasteiger charge is 2.44. The van der Waals surface area contributed by atoms with E-state index in [9.17, 15) is 9.59 Å². The Morgan fingerprint density at radius 1 is 1.03 bits per heavy atom. The third-order valence-electron chi connectivity index (χ3n) is 6.32. The Kier molecular flexibility index (Phi) is 6.89. The summed E-state index contributed by atoms with van der Waals surface area (Å²) in [6.07, 6.45) is 3.57. The van der Waals surface area contributed by atoms with Gasteiger partial charge in [-0.05, 0) is 73.9 Å². The van der Waals surface area contributed by atoms with Crippen LogP contribution in [0, 0.1) is 6.92 Å². The van der Waals surface area contributed by atoms with E-state index in [-0.39, 0.29) is 16.8 Å². The second-order valence-corrected chi connectivity index (χ2v) is 9.36. The molecule has 1 atom stereocenters. The first-order valence-electron chi connectivity index (χ1n) is 12.3. The molecule has 2 aromatic heterocycles. The quantitative estimate of drug-likeness (QED) is 0.248. The Hall–Kier alpha value is -3.84. The zero-order valence-corrected chi connectivity index (χ0v) is 21.7. The predicted octanol–water partition coefficient (Wildman–Crippen LogP) is 6.48. The topological polar surface area (TPSA) is 81.9 Å². The van der Waals surface area contributed by atoms with Gasteiger partial charge in [-0.25, -0.2) is 4.98 Å². The number of aromatic nitrogens is 1. The van der Waals surface area contributed by atoms with Gasteiger partial charge in [0.15, 0.2) is 16.9 Å². The molecule has 0 spiro atoms. The number of amides is 1. The molecule has 0 saturated carbocycles. The van der Waals surface area contributed by atoms with Crippen LogP contribution in [0.3, 0.4) is 0 Å². The van der Waals surface area contributed by atoms with Crippen molar-refractivity contribution in [3.05, 3.63) is 92.4 Å². The second-order valence-electron chi connectivity index (χ2n) is 8.92. The molecular weight excluding hydrogens is 492 g/mol. The summed E-state index contributed by atoms with van der Waals surface area (Å²) in [6.45, 7) is 6.91. The number of nitrogens with zero attached hydrogens (tertiary/aromatic N) is 2. The molecule has 3 heterocycles. The summed E-state index contributed by atoms with van der Waals surface area (Å²) in [5.74, 6) is 1.13. The van der Waals surface area contributed by atoms with Crippen molar-refractivity contribution in [2.24, 2.45) is 0 Å². The molecule has 0 radical (unpaired) electrons. The first-order valence-corrected chi connectivity index (χ1v) is 12.7. The highest BCUT2D eigenvalue weighted by molar-refractivity contribution is 6.31. The second kappa shape index (κ2) is 10.3. The number of rotatable bonds is 8. The number of benzene rings is 2. The third kappa shape index (κ3) is 4.55. The number of unbranched alkanes of at least 4 members (excludes halogenated alkanes) is 1. The van der Waals surface area contributed by atoms with E-state index in [2.05, 4.69) is 11.9 Å². The maximum Gasteiger partial charge on any atom is 0.296 e. The fourth-order valence-electron chi connectivity index (χ4n) is 4.56. The minimum atomic E-state index is -0.777. The van der Waals surface area contributed by atoms with Gasteiger partial charge in [-0.1, -0.05) is 31.0 Å². The van der Waals surface area contributed by atoms with E-state index in [0.717, 1.165) is 18.4 Å². The van der Waals surface area contributed by atoms with Crippen molar-refractivity contribution in [2.45, 2.75) is 39.7 Å². The molecule has 7 nitrogen and oxygen atoms in total. The van der Waals surface area contributed by atoms with Gasteiger partial charge in [-0.3, -0.25) is 14.5 Å². The fraction of sp³-hybridized carbons (Fsp3) is 0.276. The lowest BCUT2D eigenvalue weighted by molar-refractivity contribution is 0.0970. The van der Waals surface area contributed by atoms with Crippen LogP contribution in [0.5, 0.6) is 11.5 Å². The average Bonchev–Trinajstić information content (AvgIpc) is 3.18. The number of carbonyl (C=O) groups is 1. The molecule has 0 aliphatic carbocycles. The van der Waals surface area contributed by atoms with Gasteiger partial charge in [0.2, 0.25) is 5.76 Å². The first kappa shape index (κ1) is 24.8. The summed E-state index contributed by atoms with van der Waals surface area (Å²) >= 11 is 6.19. The lowest BCUT2D eigenvalue weighted by atomic mass is 9.98.